The Hall–Kier alpha value is -2.34. The molecular weight excluding hydrogens is 376 g/mol. The zero-order valence-corrected chi connectivity index (χ0v) is 18.0. The molecule has 6 nitrogen and oxygen atoms in total. The van der Waals surface area contributed by atoms with Crippen molar-refractivity contribution in [2.45, 2.75) is 44.9 Å². The van der Waals surface area contributed by atoms with Gasteiger partial charge in [-0.15, -0.1) is 11.6 Å². The molecule has 1 unspecified atom stereocenters. The first-order chi connectivity index (χ1) is 13.1. The van der Waals surface area contributed by atoms with Gasteiger partial charge in [0, 0.05) is 25.1 Å². The monoisotopic (exact) mass is 404 g/mol. The summed E-state index contributed by atoms with van der Waals surface area (Å²) in [6.45, 7) is 8.55. The predicted molar refractivity (Wildman–Crippen MR) is 112 cm³/mol. The molecule has 0 fully saturated rings. The van der Waals surface area contributed by atoms with E-state index in [9.17, 15) is 9.59 Å². The molecule has 28 heavy (non-hydrogen) atoms. The minimum Gasteiger partial charge on any atom is -0.332 e. The van der Waals surface area contributed by atoms with Crippen LogP contribution in [0.15, 0.2) is 36.4 Å². The van der Waals surface area contributed by atoms with Gasteiger partial charge < -0.3 is 10.2 Å². The van der Waals surface area contributed by atoms with Gasteiger partial charge in [-0.05, 0) is 12.0 Å². The van der Waals surface area contributed by atoms with E-state index in [0.717, 1.165) is 17.7 Å². The van der Waals surface area contributed by atoms with Crippen LogP contribution in [-0.4, -0.2) is 39.6 Å². The number of alkyl halides is 1. The van der Waals surface area contributed by atoms with Crippen LogP contribution in [-0.2, 0) is 22.1 Å². The standard InChI is InChI=1S/C21H29ClN4O2/c1-6-12-26(20(28)19(22)15-10-8-7-9-11-15)14-18(27)23-17-13-16(21(2,3)4)24-25(17)5/h7-11,13,19H,6,12,14H2,1-5H3,(H,23,27). The molecule has 0 aliphatic heterocycles. The molecule has 1 aromatic heterocycles. The highest BCUT2D eigenvalue weighted by Gasteiger charge is 2.26. The summed E-state index contributed by atoms with van der Waals surface area (Å²) >= 11 is 6.37. The molecule has 2 amide bonds. The first-order valence-electron chi connectivity index (χ1n) is 9.45. The minimum atomic E-state index is -0.815. The van der Waals surface area contributed by atoms with E-state index in [4.69, 9.17) is 11.6 Å². The van der Waals surface area contributed by atoms with Gasteiger partial charge in [-0.1, -0.05) is 58.0 Å². The van der Waals surface area contributed by atoms with Crippen molar-refractivity contribution in [1.29, 1.82) is 0 Å². The van der Waals surface area contributed by atoms with E-state index >= 15 is 0 Å². The smallest absolute Gasteiger partial charge is 0.245 e. The lowest BCUT2D eigenvalue weighted by atomic mass is 9.92. The van der Waals surface area contributed by atoms with Gasteiger partial charge in [-0.3, -0.25) is 14.3 Å². The number of aromatic nitrogens is 2. The Balaban J connectivity index is 2.08. The van der Waals surface area contributed by atoms with Gasteiger partial charge in [0.2, 0.25) is 11.8 Å². The number of rotatable bonds is 7. The SMILES string of the molecule is CCCN(CC(=O)Nc1cc(C(C)(C)C)nn1C)C(=O)C(Cl)c1ccccc1. The largest absolute Gasteiger partial charge is 0.332 e. The summed E-state index contributed by atoms with van der Waals surface area (Å²) in [5.41, 5.74) is 1.49. The predicted octanol–water partition coefficient (Wildman–Crippen LogP) is 3.87. The second kappa shape index (κ2) is 9.24. The zero-order chi connectivity index (χ0) is 20.9. The Labute approximate surface area is 171 Å². The third-order valence-corrected chi connectivity index (χ3v) is 4.80. The number of carbonyl (C=O) groups is 2. The molecule has 0 bridgehead atoms. The van der Waals surface area contributed by atoms with Crippen molar-refractivity contribution in [3.63, 3.8) is 0 Å². The summed E-state index contributed by atoms with van der Waals surface area (Å²) < 4.78 is 1.64. The second-order valence-electron chi connectivity index (χ2n) is 7.87. The van der Waals surface area contributed by atoms with Crippen molar-refractivity contribution in [1.82, 2.24) is 14.7 Å². The Bertz CT molecular complexity index is 812. The first kappa shape index (κ1) is 22.0. The second-order valence-corrected chi connectivity index (χ2v) is 8.31. The van der Waals surface area contributed by atoms with Gasteiger partial charge in [-0.2, -0.15) is 5.10 Å². The van der Waals surface area contributed by atoms with Gasteiger partial charge in [0.05, 0.1) is 12.2 Å². The number of nitrogens with zero attached hydrogens (tertiary/aromatic N) is 3. The van der Waals surface area contributed by atoms with Gasteiger partial charge in [-0.25, -0.2) is 0 Å². The molecule has 0 aliphatic carbocycles. The number of hydrogen-bond donors (Lipinski definition) is 1. The Morgan fingerprint density at radius 1 is 1.25 bits per heavy atom. The summed E-state index contributed by atoms with van der Waals surface area (Å²) in [4.78, 5) is 26.9. The average molecular weight is 405 g/mol. The van der Waals surface area contributed by atoms with E-state index in [0.29, 0.717) is 12.4 Å². The minimum absolute atomic E-state index is 0.0568. The van der Waals surface area contributed by atoms with Crippen molar-refractivity contribution in [3.05, 3.63) is 47.7 Å². The highest BCUT2D eigenvalue weighted by Crippen LogP contribution is 2.24. The molecule has 1 atom stereocenters. The van der Waals surface area contributed by atoms with Gasteiger partial charge in [0.25, 0.3) is 0 Å². The fourth-order valence-corrected chi connectivity index (χ4v) is 3.05. The van der Waals surface area contributed by atoms with Crippen LogP contribution in [0.2, 0.25) is 0 Å². The fraction of sp³-hybridized carbons (Fsp3) is 0.476. The van der Waals surface area contributed by atoms with Gasteiger partial charge in [0.15, 0.2) is 0 Å². The Morgan fingerprint density at radius 3 is 2.43 bits per heavy atom. The summed E-state index contributed by atoms with van der Waals surface area (Å²) in [5, 5.41) is 6.49. The summed E-state index contributed by atoms with van der Waals surface area (Å²) in [6.07, 6.45) is 0.733. The van der Waals surface area contributed by atoms with Crippen LogP contribution < -0.4 is 5.32 Å². The van der Waals surface area contributed by atoms with E-state index in [1.54, 1.807) is 11.7 Å². The van der Waals surface area contributed by atoms with Crippen LogP contribution in [0, 0.1) is 0 Å². The molecule has 0 aliphatic rings. The maximum absolute atomic E-state index is 12.8. The molecule has 1 N–H and O–H groups in total. The zero-order valence-electron chi connectivity index (χ0n) is 17.2. The topological polar surface area (TPSA) is 67.2 Å². The lowest BCUT2D eigenvalue weighted by molar-refractivity contribution is -0.134. The van der Waals surface area contributed by atoms with E-state index in [1.807, 2.05) is 43.3 Å². The van der Waals surface area contributed by atoms with Crippen LogP contribution in [0.3, 0.4) is 0 Å². The van der Waals surface area contributed by atoms with Crippen LogP contribution in [0.4, 0.5) is 5.82 Å². The Kier molecular flexibility index (Phi) is 7.24. The van der Waals surface area contributed by atoms with Crippen molar-refractivity contribution < 1.29 is 9.59 Å². The number of aryl methyl sites for hydroxylation is 1. The molecule has 7 heteroatoms. The van der Waals surface area contributed by atoms with Crippen LogP contribution >= 0.6 is 11.6 Å². The number of amides is 2. The van der Waals surface area contributed by atoms with E-state index in [2.05, 4.69) is 31.2 Å². The molecule has 0 saturated heterocycles. The number of halogens is 1. The third kappa shape index (κ3) is 5.58. The van der Waals surface area contributed by atoms with Gasteiger partial charge >= 0.3 is 0 Å². The van der Waals surface area contributed by atoms with Crippen molar-refractivity contribution in [2.75, 3.05) is 18.4 Å². The normalized spacial score (nSPS) is 12.5. The lowest BCUT2D eigenvalue weighted by Gasteiger charge is -2.24. The molecule has 152 valence electrons. The first-order valence-corrected chi connectivity index (χ1v) is 9.89. The maximum atomic E-state index is 12.8. The number of carbonyl (C=O) groups excluding carboxylic acids is 2. The molecule has 1 aromatic carbocycles. The number of nitrogens with one attached hydrogen (secondary N) is 1. The van der Waals surface area contributed by atoms with E-state index in [1.165, 1.54) is 4.90 Å². The number of benzene rings is 1. The fourth-order valence-electron chi connectivity index (χ4n) is 2.77. The Morgan fingerprint density at radius 2 is 1.89 bits per heavy atom. The van der Waals surface area contributed by atoms with Crippen molar-refractivity contribution >= 4 is 29.2 Å². The summed E-state index contributed by atoms with van der Waals surface area (Å²) in [7, 11) is 1.78. The van der Waals surface area contributed by atoms with Crippen molar-refractivity contribution in [2.24, 2.45) is 7.05 Å². The molecule has 0 saturated carbocycles. The molecule has 1 heterocycles. The highest BCUT2D eigenvalue weighted by atomic mass is 35.5. The van der Waals surface area contributed by atoms with Gasteiger partial charge in [0.1, 0.15) is 11.2 Å². The van der Waals surface area contributed by atoms with Crippen molar-refractivity contribution in [3.8, 4) is 0 Å². The molecule has 0 radical (unpaired) electrons. The molecule has 2 rings (SSSR count). The molecule has 2 aromatic rings. The van der Waals surface area contributed by atoms with Crippen LogP contribution in [0.1, 0.15) is 50.8 Å². The summed E-state index contributed by atoms with van der Waals surface area (Å²) in [6, 6.07) is 11.0. The van der Waals surface area contributed by atoms with E-state index in [-0.39, 0.29) is 23.8 Å². The molecular formula is C21H29ClN4O2. The van der Waals surface area contributed by atoms with E-state index < -0.39 is 5.38 Å². The summed E-state index contributed by atoms with van der Waals surface area (Å²) in [5.74, 6) is 0.0525. The van der Waals surface area contributed by atoms with Crippen LogP contribution in [0.25, 0.3) is 0 Å². The van der Waals surface area contributed by atoms with Crippen LogP contribution in [0.5, 0.6) is 0 Å². The maximum Gasteiger partial charge on any atom is 0.245 e. The highest BCUT2D eigenvalue weighted by molar-refractivity contribution is 6.30. The number of anilines is 1. The third-order valence-electron chi connectivity index (χ3n) is 4.36. The molecule has 0 spiro atoms. The lowest BCUT2D eigenvalue weighted by Crippen LogP contribution is -2.40. The average Bonchev–Trinajstić information content (AvgIpc) is 3.01. The quantitative estimate of drug-likeness (QED) is 0.712. The number of hydrogen-bond acceptors (Lipinski definition) is 3.